The molecule has 1 unspecified atom stereocenters. The molecule has 1 aromatic heterocycles. The molecule has 4 rings (SSSR count). The molecule has 2 heterocycles. The summed E-state index contributed by atoms with van der Waals surface area (Å²) in [6.45, 7) is 2.38. The molecule has 2 nitrogen and oxygen atoms in total. The second kappa shape index (κ2) is 4.78. The summed E-state index contributed by atoms with van der Waals surface area (Å²) in [6.07, 6.45) is 7.56. The SMILES string of the molecule is CC1CCC(NC2c3ccccc3-n3cccc32)CC1. The van der Waals surface area contributed by atoms with Crippen molar-refractivity contribution in [2.24, 2.45) is 5.92 Å². The van der Waals surface area contributed by atoms with Crippen LogP contribution in [0.5, 0.6) is 0 Å². The van der Waals surface area contributed by atoms with Crippen molar-refractivity contribution in [2.45, 2.75) is 44.7 Å². The van der Waals surface area contributed by atoms with E-state index in [4.69, 9.17) is 0 Å². The molecule has 1 saturated carbocycles. The summed E-state index contributed by atoms with van der Waals surface area (Å²) in [7, 11) is 0. The van der Waals surface area contributed by atoms with Crippen molar-refractivity contribution in [2.75, 3.05) is 0 Å². The molecule has 1 aliphatic carbocycles. The molecule has 0 radical (unpaired) electrons. The van der Waals surface area contributed by atoms with Crippen LogP contribution in [0.15, 0.2) is 42.6 Å². The molecule has 20 heavy (non-hydrogen) atoms. The van der Waals surface area contributed by atoms with Crippen molar-refractivity contribution in [1.82, 2.24) is 9.88 Å². The van der Waals surface area contributed by atoms with Gasteiger partial charge in [0.1, 0.15) is 0 Å². The van der Waals surface area contributed by atoms with E-state index in [1.54, 1.807) is 0 Å². The van der Waals surface area contributed by atoms with Crippen LogP contribution in [0, 0.1) is 5.92 Å². The topological polar surface area (TPSA) is 17.0 Å². The Kier molecular flexibility index (Phi) is 2.92. The Morgan fingerprint density at radius 2 is 1.80 bits per heavy atom. The van der Waals surface area contributed by atoms with E-state index in [9.17, 15) is 0 Å². The highest BCUT2D eigenvalue weighted by Gasteiger charge is 2.30. The summed E-state index contributed by atoms with van der Waals surface area (Å²) in [5, 5.41) is 3.92. The van der Waals surface area contributed by atoms with E-state index < -0.39 is 0 Å². The number of fused-ring (bicyclic) bond motifs is 3. The molecule has 2 aliphatic rings. The smallest absolute Gasteiger partial charge is 0.0757 e. The molecule has 1 fully saturated rings. The zero-order valence-electron chi connectivity index (χ0n) is 12.0. The molecule has 0 amide bonds. The standard InChI is InChI=1S/C18H22N2/c1-13-8-10-14(11-9-13)19-18-15-5-2-3-6-16(15)20-12-4-7-17(18)20/h2-7,12-14,18-19H,8-11H2,1H3. The fourth-order valence-electron chi connectivity index (χ4n) is 3.80. The Labute approximate surface area is 120 Å². The second-order valence-corrected chi connectivity index (χ2v) is 6.42. The van der Waals surface area contributed by atoms with Crippen molar-refractivity contribution in [3.8, 4) is 5.69 Å². The molecular formula is C18H22N2. The van der Waals surface area contributed by atoms with Crippen LogP contribution in [0.25, 0.3) is 5.69 Å². The predicted molar refractivity (Wildman–Crippen MR) is 82.2 cm³/mol. The van der Waals surface area contributed by atoms with Gasteiger partial charge in [0.05, 0.1) is 11.7 Å². The quantitative estimate of drug-likeness (QED) is 0.867. The van der Waals surface area contributed by atoms with Gasteiger partial charge in [-0.25, -0.2) is 0 Å². The van der Waals surface area contributed by atoms with E-state index in [0.717, 1.165) is 5.92 Å². The summed E-state index contributed by atoms with van der Waals surface area (Å²) >= 11 is 0. The Morgan fingerprint density at radius 1 is 1.00 bits per heavy atom. The average molecular weight is 266 g/mol. The number of nitrogens with one attached hydrogen (secondary N) is 1. The molecule has 1 N–H and O–H groups in total. The van der Waals surface area contributed by atoms with Gasteiger partial charge < -0.3 is 9.88 Å². The molecule has 0 spiro atoms. The third-order valence-electron chi connectivity index (χ3n) is 5.00. The third kappa shape index (κ3) is 1.90. The molecule has 0 saturated heterocycles. The third-order valence-corrected chi connectivity index (χ3v) is 5.00. The summed E-state index contributed by atoms with van der Waals surface area (Å²) in [5.74, 6) is 0.910. The van der Waals surface area contributed by atoms with Crippen LogP contribution in [0.3, 0.4) is 0 Å². The first-order valence-corrected chi connectivity index (χ1v) is 7.85. The highest BCUT2D eigenvalue weighted by molar-refractivity contribution is 5.53. The second-order valence-electron chi connectivity index (χ2n) is 6.42. The number of rotatable bonds is 2. The molecule has 1 aromatic carbocycles. The summed E-state index contributed by atoms with van der Waals surface area (Å²) in [5.41, 5.74) is 4.17. The van der Waals surface area contributed by atoms with Gasteiger partial charge in [-0.1, -0.05) is 25.1 Å². The van der Waals surface area contributed by atoms with Crippen LogP contribution in [0.2, 0.25) is 0 Å². The van der Waals surface area contributed by atoms with Gasteiger partial charge in [-0.2, -0.15) is 0 Å². The van der Waals surface area contributed by atoms with Gasteiger partial charge in [0.2, 0.25) is 0 Å². The van der Waals surface area contributed by atoms with Crippen molar-refractivity contribution >= 4 is 0 Å². The van der Waals surface area contributed by atoms with Crippen LogP contribution in [-0.4, -0.2) is 10.6 Å². The lowest BCUT2D eigenvalue weighted by Gasteiger charge is -2.29. The average Bonchev–Trinajstić information content (AvgIpc) is 3.05. The van der Waals surface area contributed by atoms with Crippen LogP contribution in [0.1, 0.15) is 49.9 Å². The van der Waals surface area contributed by atoms with E-state index in [1.807, 2.05) is 0 Å². The van der Waals surface area contributed by atoms with Crippen LogP contribution < -0.4 is 5.32 Å². The molecule has 1 atom stereocenters. The summed E-state index contributed by atoms with van der Waals surface area (Å²) < 4.78 is 2.33. The maximum Gasteiger partial charge on any atom is 0.0757 e. The van der Waals surface area contributed by atoms with Crippen LogP contribution in [0.4, 0.5) is 0 Å². The maximum atomic E-state index is 3.92. The molecule has 2 heteroatoms. The number of nitrogens with zero attached hydrogens (tertiary/aromatic N) is 1. The predicted octanol–water partition coefficient (Wildman–Crippen LogP) is 4.05. The van der Waals surface area contributed by atoms with Gasteiger partial charge in [0.25, 0.3) is 0 Å². The number of para-hydroxylation sites is 1. The Morgan fingerprint density at radius 3 is 2.65 bits per heavy atom. The lowest BCUT2D eigenvalue weighted by atomic mass is 9.86. The van der Waals surface area contributed by atoms with E-state index in [0.29, 0.717) is 12.1 Å². The normalized spacial score (nSPS) is 28.1. The van der Waals surface area contributed by atoms with Gasteiger partial charge >= 0.3 is 0 Å². The van der Waals surface area contributed by atoms with Gasteiger partial charge in [0.15, 0.2) is 0 Å². The zero-order chi connectivity index (χ0) is 13.5. The highest BCUT2D eigenvalue weighted by Crippen LogP contribution is 2.37. The number of aromatic nitrogens is 1. The maximum absolute atomic E-state index is 3.92. The lowest BCUT2D eigenvalue weighted by Crippen LogP contribution is -2.35. The molecule has 1 aliphatic heterocycles. The van der Waals surface area contributed by atoms with E-state index >= 15 is 0 Å². The number of hydrogen-bond donors (Lipinski definition) is 1. The van der Waals surface area contributed by atoms with Crippen molar-refractivity contribution in [3.05, 3.63) is 53.9 Å². The van der Waals surface area contributed by atoms with Gasteiger partial charge in [0, 0.05) is 17.9 Å². The van der Waals surface area contributed by atoms with Crippen molar-refractivity contribution in [1.29, 1.82) is 0 Å². The lowest BCUT2D eigenvalue weighted by molar-refractivity contribution is 0.296. The monoisotopic (exact) mass is 266 g/mol. The molecule has 0 bridgehead atoms. The Balaban J connectivity index is 1.62. The summed E-state index contributed by atoms with van der Waals surface area (Å²) in [6, 6.07) is 14.2. The van der Waals surface area contributed by atoms with Crippen LogP contribution >= 0.6 is 0 Å². The minimum absolute atomic E-state index is 0.375. The molecular weight excluding hydrogens is 244 g/mol. The fraction of sp³-hybridized carbons (Fsp3) is 0.444. The Bertz CT molecular complexity index is 605. The van der Waals surface area contributed by atoms with Gasteiger partial charge in [-0.3, -0.25) is 0 Å². The molecule has 2 aromatic rings. The number of hydrogen-bond acceptors (Lipinski definition) is 1. The van der Waals surface area contributed by atoms with E-state index in [2.05, 4.69) is 59.4 Å². The van der Waals surface area contributed by atoms with Gasteiger partial charge in [-0.05, 0) is 55.4 Å². The highest BCUT2D eigenvalue weighted by atomic mass is 15.1. The zero-order valence-corrected chi connectivity index (χ0v) is 12.0. The van der Waals surface area contributed by atoms with E-state index in [-0.39, 0.29) is 0 Å². The first kappa shape index (κ1) is 12.2. The van der Waals surface area contributed by atoms with E-state index in [1.165, 1.54) is 42.6 Å². The van der Waals surface area contributed by atoms with Crippen LogP contribution in [-0.2, 0) is 0 Å². The minimum atomic E-state index is 0.375. The Hall–Kier alpha value is -1.54. The first-order valence-electron chi connectivity index (χ1n) is 7.85. The minimum Gasteiger partial charge on any atom is -0.319 e. The fourth-order valence-corrected chi connectivity index (χ4v) is 3.80. The molecule has 104 valence electrons. The van der Waals surface area contributed by atoms with Gasteiger partial charge in [-0.15, -0.1) is 0 Å². The largest absolute Gasteiger partial charge is 0.319 e. The first-order chi connectivity index (χ1) is 9.83. The van der Waals surface area contributed by atoms with Crippen molar-refractivity contribution < 1.29 is 0 Å². The summed E-state index contributed by atoms with van der Waals surface area (Å²) in [4.78, 5) is 0. The number of benzene rings is 1. The van der Waals surface area contributed by atoms with Crippen molar-refractivity contribution in [3.63, 3.8) is 0 Å².